The molecule has 9 heteroatoms. The third-order valence-corrected chi connectivity index (χ3v) is 4.71. The lowest BCUT2D eigenvalue weighted by molar-refractivity contribution is -0.197. The number of carbonyl (C=O) groups excluding carboxylic acids is 4. The molecule has 0 bridgehead atoms. The molecule has 1 aliphatic rings. The average Bonchev–Trinajstić information content (AvgIpc) is 3.27. The summed E-state index contributed by atoms with van der Waals surface area (Å²) in [6.45, 7) is 9.15. The Bertz CT molecular complexity index is 1020. The normalized spacial score (nSPS) is 14.3. The number of aryl methyl sites for hydroxylation is 2. The van der Waals surface area contributed by atoms with Crippen molar-refractivity contribution < 1.29 is 28.8 Å². The van der Waals surface area contributed by atoms with E-state index >= 15 is 0 Å². The molecule has 2 amide bonds. The Labute approximate surface area is 180 Å². The van der Waals surface area contributed by atoms with Crippen LogP contribution < -0.4 is 0 Å². The lowest BCUT2D eigenvalue weighted by Gasteiger charge is -2.19. The minimum absolute atomic E-state index is 0.0477. The number of aromatic nitrogens is 2. The Balaban J connectivity index is 1.75. The highest BCUT2D eigenvalue weighted by molar-refractivity contribution is 6.01. The number of hydroxylamine groups is 2. The van der Waals surface area contributed by atoms with Crippen LogP contribution in [0.15, 0.2) is 12.1 Å². The topological polar surface area (TPSA) is 122 Å². The zero-order valence-corrected chi connectivity index (χ0v) is 18.4. The summed E-state index contributed by atoms with van der Waals surface area (Å²) in [4.78, 5) is 59.2. The molecule has 1 saturated heterocycles. The maximum absolute atomic E-state index is 12.3. The first kappa shape index (κ1) is 22.3. The van der Waals surface area contributed by atoms with Gasteiger partial charge in [0.15, 0.2) is 0 Å². The zero-order chi connectivity index (χ0) is 22.9. The molecule has 3 heterocycles. The summed E-state index contributed by atoms with van der Waals surface area (Å²) in [6.07, 6.45) is 0.0874. The van der Waals surface area contributed by atoms with Gasteiger partial charge >= 0.3 is 11.9 Å². The van der Waals surface area contributed by atoms with E-state index < -0.39 is 23.4 Å². The molecular weight excluding hydrogens is 402 g/mol. The molecule has 0 atom stereocenters. The van der Waals surface area contributed by atoms with Gasteiger partial charge in [0, 0.05) is 24.2 Å². The molecule has 0 spiro atoms. The van der Waals surface area contributed by atoms with Crippen molar-refractivity contribution in [1.82, 2.24) is 15.0 Å². The maximum Gasteiger partial charge on any atom is 0.337 e. The van der Waals surface area contributed by atoms with Gasteiger partial charge in [-0.05, 0) is 57.9 Å². The summed E-state index contributed by atoms with van der Waals surface area (Å²) >= 11 is 0. The molecule has 0 aromatic carbocycles. The van der Waals surface area contributed by atoms with E-state index in [-0.39, 0.29) is 31.7 Å². The second-order valence-electron chi connectivity index (χ2n) is 8.67. The smallest absolute Gasteiger partial charge is 0.337 e. The number of hydrogen-bond donors (Lipinski definition) is 2. The molecular formula is C22H27N3O6. The lowest BCUT2D eigenvalue weighted by atomic mass is 10.1. The van der Waals surface area contributed by atoms with Gasteiger partial charge in [0.05, 0.1) is 24.2 Å². The van der Waals surface area contributed by atoms with Crippen molar-refractivity contribution >= 4 is 23.8 Å². The third-order valence-electron chi connectivity index (χ3n) is 4.71. The van der Waals surface area contributed by atoms with E-state index in [0.29, 0.717) is 16.3 Å². The van der Waals surface area contributed by atoms with Crippen LogP contribution in [-0.2, 0) is 41.6 Å². The number of esters is 1. The molecule has 2 aromatic rings. The van der Waals surface area contributed by atoms with Crippen LogP contribution in [0.5, 0.6) is 0 Å². The van der Waals surface area contributed by atoms with Gasteiger partial charge in [-0.1, -0.05) is 0 Å². The van der Waals surface area contributed by atoms with Gasteiger partial charge < -0.3 is 19.5 Å². The molecule has 9 nitrogen and oxygen atoms in total. The molecule has 0 radical (unpaired) electrons. The number of imide groups is 1. The van der Waals surface area contributed by atoms with Crippen LogP contribution in [0.1, 0.15) is 56.1 Å². The predicted octanol–water partition coefficient (Wildman–Crippen LogP) is 2.66. The fraction of sp³-hybridized carbons (Fsp3) is 0.455. The van der Waals surface area contributed by atoms with Crippen molar-refractivity contribution in [3.8, 4) is 11.4 Å². The Hall–Kier alpha value is -3.36. The SMILES string of the molecule is Cc1cc(CC(=O)OC(C)(C)C)c(-c2cc(CC(=O)ON3C(=O)CCC3=O)c(C)[nH]2)[nH]1. The van der Waals surface area contributed by atoms with Crippen LogP contribution in [0, 0.1) is 13.8 Å². The fourth-order valence-corrected chi connectivity index (χ4v) is 3.43. The lowest BCUT2D eigenvalue weighted by Crippen LogP contribution is -2.32. The highest BCUT2D eigenvalue weighted by Crippen LogP contribution is 2.27. The predicted molar refractivity (Wildman–Crippen MR) is 110 cm³/mol. The third kappa shape index (κ3) is 5.42. The van der Waals surface area contributed by atoms with Gasteiger partial charge in [-0.25, -0.2) is 4.79 Å². The van der Waals surface area contributed by atoms with Crippen molar-refractivity contribution in [2.24, 2.45) is 0 Å². The van der Waals surface area contributed by atoms with Crippen molar-refractivity contribution in [3.63, 3.8) is 0 Å². The molecule has 0 saturated carbocycles. The van der Waals surface area contributed by atoms with Crippen LogP contribution in [0.4, 0.5) is 0 Å². The first-order chi connectivity index (χ1) is 14.4. The average molecular weight is 429 g/mol. The molecule has 166 valence electrons. The minimum Gasteiger partial charge on any atom is -0.460 e. The van der Waals surface area contributed by atoms with Crippen molar-refractivity contribution in [1.29, 1.82) is 0 Å². The summed E-state index contributed by atoms with van der Waals surface area (Å²) in [5.41, 5.74) is 3.92. The first-order valence-electron chi connectivity index (χ1n) is 10.1. The van der Waals surface area contributed by atoms with Gasteiger partial charge in [0.25, 0.3) is 11.8 Å². The molecule has 0 unspecified atom stereocenters. The Morgan fingerprint density at radius 3 is 2.19 bits per heavy atom. The second-order valence-corrected chi connectivity index (χ2v) is 8.67. The molecule has 31 heavy (non-hydrogen) atoms. The number of ether oxygens (including phenoxy) is 1. The molecule has 2 N–H and O–H groups in total. The van der Waals surface area contributed by atoms with E-state index in [1.807, 2.05) is 40.7 Å². The number of rotatable bonds is 6. The van der Waals surface area contributed by atoms with Crippen molar-refractivity contribution in [3.05, 3.63) is 34.6 Å². The monoisotopic (exact) mass is 429 g/mol. The highest BCUT2D eigenvalue weighted by Gasteiger charge is 2.33. The van der Waals surface area contributed by atoms with E-state index in [1.54, 1.807) is 6.07 Å². The number of amides is 2. The van der Waals surface area contributed by atoms with Gasteiger partial charge in [0.2, 0.25) is 0 Å². The fourth-order valence-electron chi connectivity index (χ4n) is 3.43. The van der Waals surface area contributed by atoms with Gasteiger partial charge in [-0.3, -0.25) is 14.4 Å². The Kier molecular flexibility index (Phi) is 6.06. The van der Waals surface area contributed by atoms with Gasteiger partial charge in [-0.2, -0.15) is 0 Å². The van der Waals surface area contributed by atoms with Crippen LogP contribution in [-0.4, -0.2) is 44.4 Å². The van der Waals surface area contributed by atoms with Gasteiger partial charge in [0.1, 0.15) is 5.60 Å². The Morgan fingerprint density at radius 2 is 1.58 bits per heavy atom. The maximum atomic E-state index is 12.3. The van der Waals surface area contributed by atoms with Crippen molar-refractivity contribution in [2.45, 2.75) is 65.9 Å². The molecule has 1 fully saturated rings. The molecule has 1 aliphatic heterocycles. The largest absolute Gasteiger partial charge is 0.460 e. The molecule has 2 aromatic heterocycles. The summed E-state index contributed by atoms with van der Waals surface area (Å²) < 4.78 is 5.42. The number of H-pyrrole nitrogens is 2. The summed E-state index contributed by atoms with van der Waals surface area (Å²) in [7, 11) is 0. The van der Waals surface area contributed by atoms with E-state index in [2.05, 4.69) is 9.97 Å². The van der Waals surface area contributed by atoms with Crippen LogP contribution in [0.25, 0.3) is 11.4 Å². The number of aromatic amines is 2. The highest BCUT2D eigenvalue weighted by atomic mass is 16.7. The number of nitrogens with one attached hydrogen (secondary N) is 2. The Morgan fingerprint density at radius 1 is 0.968 bits per heavy atom. The van der Waals surface area contributed by atoms with Crippen LogP contribution in [0.3, 0.4) is 0 Å². The number of carbonyl (C=O) groups is 4. The standard InChI is InChI=1S/C22H27N3O6/c1-12-8-15(11-19(28)30-22(3,4)5)21(23-12)16-9-14(13(2)24-16)10-20(29)31-25-17(26)6-7-18(25)27/h8-9,23-24H,6-7,10-11H2,1-5H3. The molecule has 3 rings (SSSR count). The summed E-state index contributed by atoms with van der Waals surface area (Å²) in [5.74, 6) is -2.06. The van der Waals surface area contributed by atoms with E-state index in [9.17, 15) is 19.2 Å². The zero-order valence-electron chi connectivity index (χ0n) is 18.4. The first-order valence-corrected chi connectivity index (χ1v) is 10.1. The van der Waals surface area contributed by atoms with E-state index in [4.69, 9.17) is 9.57 Å². The quantitative estimate of drug-likeness (QED) is 0.538. The number of hydrogen-bond acceptors (Lipinski definition) is 6. The summed E-state index contributed by atoms with van der Waals surface area (Å²) in [5, 5.41) is 0.540. The molecule has 0 aliphatic carbocycles. The summed E-state index contributed by atoms with van der Waals surface area (Å²) in [6, 6.07) is 3.67. The van der Waals surface area contributed by atoms with E-state index in [0.717, 1.165) is 22.6 Å². The van der Waals surface area contributed by atoms with Gasteiger partial charge in [-0.15, -0.1) is 5.06 Å². The van der Waals surface area contributed by atoms with Crippen LogP contribution in [0.2, 0.25) is 0 Å². The van der Waals surface area contributed by atoms with Crippen molar-refractivity contribution in [2.75, 3.05) is 0 Å². The van der Waals surface area contributed by atoms with Crippen LogP contribution >= 0.6 is 0 Å². The van der Waals surface area contributed by atoms with E-state index in [1.165, 1.54) is 0 Å². The number of nitrogens with zero attached hydrogens (tertiary/aromatic N) is 1. The second kappa shape index (κ2) is 8.41. The minimum atomic E-state index is -0.700.